The normalized spacial score (nSPS) is 11.2. The van der Waals surface area contributed by atoms with E-state index >= 15 is 0 Å². The third-order valence-corrected chi connectivity index (χ3v) is 4.13. The van der Waals surface area contributed by atoms with Crippen LogP contribution in [0.5, 0.6) is 0 Å². The van der Waals surface area contributed by atoms with Gasteiger partial charge in [0, 0.05) is 16.4 Å². The molecule has 0 fully saturated rings. The van der Waals surface area contributed by atoms with Crippen molar-refractivity contribution < 1.29 is 4.79 Å². The monoisotopic (exact) mass is 330 g/mol. The molecule has 4 heteroatoms. The lowest BCUT2D eigenvalue weighted by molar-refractivity contribution is -0.114. The van der Waals surface area contributed by atoms with Gasteiger partial charge in [0.05, 0.1) is 6.54 Å². The quantitative estimate of drug-likeness (QED) is 0.828. The average molecular weight is 331 g/mol. The molecule has 0 atom stereocenters. The molecule has 0 aromatic heterocycles. The molecule has 2 rings (SSSR count). The molecule has 0 aliphatic rings. The number of anilines is 2. The van der Waals surface area contributed by atoms with Gasteiger partial charge in [-0.15, -0.1) is 0 Å². The zero-order valence-corrected chi connectivity index (χ0v) is 14.8. The van der Waals surface area contributed by atoms with Gasteiger partial charge in [0.15, 0.2) is 0 Å². The summed E-state index contributed by atoms with van der Waals surface area (Å²) in [4.78, 5) is 12.3. The second kappa shape index (κ2) is 7.05. The first-order valence-corrected chi connectivity index (χ1v) is 8.05. The maximum Gasteiger partial charge on any atom is 0.243 e. The van der Waals surface area contributed by atoms with Gasteiger partial charge in [0.1, 0.15) is 0 Å². The summed E-state index contributed by atoms with van der Waals surface area (Å²) < 4.78 is 0. The van der Waals surface area contributed by atoms with Crippen LogP contribution in [0.3, 0.4) is 0 Å². The van der Waals surface area contributed by atoms with Crippen molar-refractivity contribution in [2.45, 2.75) is 33.1 Å². The first-order valence-electron chi connectivity index (χ1n) is 7.67. The van der Waals surface area contributed by atoms with Crippen molar-refractivity contribution in [2.24, 2.45) is 0 Å². The summed E-state index contributed by atoms with van der Waals surface area (Å²) in [7, 11) is 0. The molecular weight excluding hydrogens is 308 g/mol. The van der Waals surface area contributed by atoms with Gasteiger partial charge < -0.3 is 10.6 Å². The van der Waals surface area contributed by atoms with Crippen LogP contribution in [0.1, 0.15) is 31.9 Å². The number of rotatable bonds is 4. The fraction of sp³-hybridized carbons (Fsp3) is 0.316. The predicted molar refractivity (Wildman–Crippen MR) is 98.5 cm³/mol. The first kappa shape index (κ1) is 17.4. The number of nitrogens with one attached hydrogen (secondary N) is 2. The lowest BCUT2D eigenvalue weighted by Crippen LogP contribution is -2.24. The number of carbonyl (C=O) groups is 1. The van der Waals surface area contributed by atoms with Crippen LogP contribution in [0.15, 0.2) is 42.5 Å². The third kappa shape index (κ3) is 4.49. The van der Waals surface area contributed by atoms with Crippen LogP contribution in [0, 0.1) is 6.92 Å². The minimum Gasteiger partial charge on any atom is -0.376 e. The van der Waals surface area contributed by atoms with Gasteiger partial charge in [-0.25, -0.2) is 0 Å². The van der Waals surface area contributed by atoms with E-state index in [0.29, 0.717) is 5.02 Å². The summed E-state index contributed by atoms with van der Waals surface area (Å²) in [5.74, 6) is -0.0823. The molecular formula is C19H23ClN2O. The number of para-hydroxylation sites is 1. The molecule has 0 unspecified atom stereocenters. The molecule has 0 saturated carbocycles. The van der Waals surface area contributed by atoms with E-state index in [0.717, 1.165) is 22.5 Å². The molecule has 0 aliphatic heterocycles. The molecule has 0 radical (unpaired) electrons. The summed E-state index contributed by atoms with van der Waals surface area (Å²) in [5, 5.41) is 6.81. The SMILES string of the molecule is Cc1c(Cl)cccc1NCC(=O)Nc1ccccc1C(C)(C)C. The molecule has 0 saturated heterocycles. The van der Waals surface area contributed by atoms with Gasteiger partial charge >= 0.3 is 0 Å². The Morgan fingerprint density at radius 2 is 1.70 bits per heavy atom. The van der Waals surface area contributed by atoms with Crippen molar-refractivity contribution >= 4 is 28.9 Å². The highest BCUT2D eigenvalue weighted by atomic mass is 35.5. The number of hydrogen-bond donors (Lipinski definition) is 2. The Hall–Kier alpha value is -2.00. The topological polar surface area (TPSA) is 41.1 Å². The average Bonchev–Trinajstić information content (AvgIpc) is 2.48. The number of hydrogen-bond acceptors (Lipinski definition) is 2. The Balaban J connectivity index is 2.05. The minimum absolute atomic E-state index is 0.0269. The number of carbonyl (C=O) groups excluding carboxylic acids is 1. The molecule has 2 aromatic rings. The highest BCUT2D eigenvalue weighted by Gasteiger charge is 2.18. The molecule has 0 aliphatic carbocycles. The summed E-state index contributed by atoms with van der Waals surface area (Å²) >= 11 is 6.09. The van der Waals surface area contributed by atoms with Crippen LogP contribution < -0.4 is 10.6 Å². The Labute approximate surface area is 143 Å². The molecule has 1 amide bonds. The lowest BCUT2D eigenvalue weighted by atomic mass is 9.86. The second-order valence-corrected chi connectivity index (χ2v) is 7.02. The van der Waals surface area contributed by atoms with Gasteiger partial charge in [0.2, 0.25) is 5.91 Å². The Morgan fingerprint density at radius 3 is 2.39 bits per heavy atom. The van der Waals surface area contributed by atoms with E-state index in [9.17, 15) is 4.79 Å². The van der Waals surface area contributed by atoms with Crippen molar-refractivity contribution in [1.29, 1.82) is 0 Å². The Bertz CT molecular complexity index is 705. The maximum absolute atomic E-state index is 12.3. The van der Waals surface area contributed by atoms with Gasteiger partial charge in [0.25, 0.3) is 0 Å². The van der Waals surface area contributed by atoms with Crippen LogP contribution in [-0.2, 0) is 10.2 Å². The zero-order valence-electron chi connectivity index (χ0n) is 14.0. The largest absolute Gasteiger partial charge is 0.376 e. The summed E-state index contributed by atoms with van der Waals surface area (Å²) in [6.45, 7) is 8.51. The van der Waals surface area contributed by atoms with Crippen LogP contribution in [0.2, 0.25) is 5.02 Å². The molecule has 0 spiro atoms. The van der Waals surface area contributed by atoms with Crippen LogP contribution >= 0.6 is 11.6 Å². The Morgan fingerprint density at radius 1 is 1.04 bits per heavy atom. The van der Waals surface area contributed by atoms with Crippen molar-refractivity contribution in [3.63, 3.8) is 0 Å². The van der Waals surface area contributed by atoms with E-state index in [2.05, 4.69) is 31.4 Å². The molecule has 0 bridgehead atoms. The Kier molecular flexibility index (Phi) is 5.32. The molecule has 2 aromatic carbocycles. The van der Waals surface area contributed by atoms with E-state index in [-0.39, 0.29) is 17.9 Å². The maximum atomic E-state index is 12.3. The van der Waals surface area contributed by atoms with E-state index < -0.39 is 0 Å². The van der Waals surface area contributed by atoms with Crippen LogP contribution in [0.25, 0.3) is 0 Å². The van der Waals surface area contributed by atoms with Crippen LogP contribution in [-0.4, -0.2) is 12.5 Å². The van der Waals surface area contributed by atoms with Gasteiger partial charge in [-0.2, -0.15) is 0 Å². The molecule has 23 heavy (non-hydrogen) atoms. The highest BCUT2D eigenvalue weighted by molar-refractivity contribution is 6.31. The molecule has 122 valence electrons. The van der Waals surface area contributed by atoms with Crippen molar-refractivity contribution in [1.82, 2.24) is 0 Å². The molecule has 3 nitrogen and oxygen atoms in total. The number of amides is 1. The summed E-state index contributed by atoms with van der Waals surface area (Å²) in [6, 6.07) is 13.5. The van der Waals surface area contributed by atoms with E-state index in [1.165, 1.54) is 0 Å². The highest BCUT2D eigenvalue weighted by Crippen LogP contribution is 2.29. The summed E-state index contributed by atoms with van der Waals surface area (Å²) in [5.41, 5.74) is 3.76. The fourth-order valence-electron chi connectivity index (χ4n) is 2.42. The molecule has 0 heterocycles. The van der Waals surface area contributed by atoms with Crippen molar-refractivity contribution in [3.05, 3.63) is 58.6 Å². The minimum atomic E-state index is -0.0823. The predicted octanol–water partition coefficient (Wildman–Crippen LogP) is 5.00. The van der Waals surface area contributed by atoms with Gasteiger partial charge in [-0.3, -0.25) is 4.79 Å². The van der Waals surface area contributed by atoms with E-state index in [1.807, 2.05) is 49.4 Å². The zero-order chi connectivity index (χ0) is 17.0. The standard InChI is InChI=1S/C19H23ClN2O/c1-13-15(20)9-7-11-16(13)21-12-18(23)22-17-10-6-5-8-14(17)19(2,3)4/h5-11,21H,12H2,1-4H3,(H,22,23). The molecule has 2 N–H and O–H groups in total. The lowest BCUT2D eigenvalue weighted by Gasteiger charge is -2.23. The smallest absolute Gasteiger partial charge is 0.243 e. The number of benzene rings is 2. The van der Waals surface area contributed by atoms with Crippen LogP contribution in [0.4, 0.5) is 11.4 Å². The summed E-state index contributed by atoms with van der Waals surface area (Å²) in [6.07, 6.45) is 0. The van der Waals surface area contributed by atoms with E-state index in [4.69, 9.17) is 11.6 Å². The fourth-order valence-corrected chi connectivity index (χ4v) is 2.59. The van der Waals surface area contributed by atoms with E-state index in [1.54, 1.807) is 0 Å². The van der Waals surface area contributed by atoms with Crippen molar-refractivity contribution in [2.75, 3.05) is 17.2 Å². The van der Waals surface area contributed by atoms with Gasteiger partial charge in [-0.1, -0.05) is 56.6 Å². The van der Waals surface area contributed by atoms with Gasteiger partial charge in [-0.05, 0) is 41.7 Å². The number of halogens is 1. The second-order valence-electron chi connectivity index (χ2n) is 6.61. The third-order valence-electron chi connectivity index (χ3n) is 3.72. The van der Waals surface area contributed by atoms with Crippen molar-refractivity contribution in [3.8, 4) is 0 Å². The first-order chi connectivity index (χ1) is 10.8.